The molecule has 2 aromatic carbocycles. The number of hydrogen-bond acceptors (Lipinski definition) is 6. The Morgan fingerprint density at radius 3 is 2.16 bits per heavy atom. The lowest BCUT2D eigenvalue weighted by atomic mass is 10.2. The van der Waals surface area contributed by atoms with Crippen molar-refractivity contribution in [1.82, 2.24) is 5.43 Å². The normalized spacial score (nSPS) is 11.5. The van der Waals surface area contributed by atoms with Crippen molar-refractivity contribution < 1.29 is 15.0 Å². The molecular weight excluding hydrogens is 356 g/mol. The summed E-state index contributed by atoms with van der Waals surface area (Å²) < 4.78 is 1.77. The second-order valence-corrected chi connectivity index (χ2v) is 7.42. The summed E-state index contributed by atoms with van der Waals surface area (Å²) in [6.07, 6.45) is 1.41. The summed E-state index contributed by atoms with van der Waals surface area (Å²) in [5.41, 5.74) is 2.40. The zero-order valence-corrected chi connectivity index (χ0v) is 14.4. The van der Waals surface area contributed by atoms with Gasteiger partial charge >= 0.3 is 0 Å². The van der Waals surface area contributed by atoms with Crippen molar-refractivity contribution in [3.05, 3.63) is 58.3 Å². The Bertz CT molecular complexity index is 1130. The molecule has 4 rings (SSSR count). The highest BCUT2D eigenvalue weighted by atomic mass is 32.1. The summed E-state index contributed by atoms with van der Waals surface area (Å²) >= 11 is 2.58. The Kier molecular flexibility index (Phi) is 3.87. The SMILES string of the molecule is O=C(NN=Cc1sc2ccccc2c1O)c1sc2ccccc2c1O. The number of hydrogen-bond donors (Lipinski definition) is 3. The standard InChI is InChI=1S/C18H12N2O3S2/c21-15-10-5-1-3-7-12(10)24-14(15)9-19-20-18(23)17-16(22)11-6-2-4-8-13(11)25-17/h1-9,21-22H,(H,20,23). The molecule has 5 nitrogen and oxygen atoms in total. The van der Waals surface area contributed by atoms with Crippen molar-refractivity contribution in [1.29, 1.82) is 0 Å². The van der Waals surface area contributed by atoms with Gasteiger partial charge in [0.1, 0.15) is 16.4 Å². The zero-order chi connectivity index (χ0) is 17.4. The van der Waals surface area contributed by atoms with Gasteiger partial charge in [-0.05, 0) is 24.3 Å². The van der Waals surface area contributed by atoms with Crippen LogP contribution in [0, 0.1) is 0 Å². The van der Waals surface area contributed by atoms with E-state index in [-0.39, 0.29) is 16.4 Å². The van der Waals surface area contributed by atoms with Crippen LogP contribution in [0.3, 0.4) is 0 Å². The van der Waals surface area contributed by atoms with E-state index in [4.69, 9.17) is 0 Å². The molecule has 0 bridgehead atoms. The molecule has 0 atom stereocenters. The maximum atomic E-state index is 12.2. The Morgan fingerprint density at radius 2 is 1.52 bits per heavy atom. The van der Waals surface area contributed by atoms with Crippen molar-refractivity contribution in [3.63, 3.8) is 0 Å². The van der Waals surface area contributed by atoms with Crippen LogP contribution in [0.1, 0.15) is 14.5 Å². The van der Waals surface area contributed by atoms with E-state index < -0.39 is 5.91 Å². The fourth-order valence-corrected chi connectivity index (χ4v) is 4.48. The topological polar surface area (TPSA) is 81.9 Å². The van der Waals surface area contributed by atoms with E-state index in [9.17, 15) is 15.0 Å². The van der Waals surface area contributed by atoms with Crippen LogP contribution in [0.5, 0.6) is 11.5 Å². The second-order valence-electron chi connectivity index (χ2n) is 5.29. The van der Waals surface area contributed by atoms with Crippen LogP contribution in [-0.4, -0.2) is 22.3 Å². The summed E-state index contributed by atoms with van der Waals surface area (Å²) in [6.45, 7) is 0. The third-order valence-corrected chi connectivity index (χ3v) is 5.97. The van der Waals surface area contributed by atoms with Gasteiger partial charge in [0, 0.05) is 20.2 Å². The number of nitrogens with one attached hydrogen (secondary N) is 1. The Balaban J connectivity index is 1.57. The summed E-state index contributed by atoms with van der Waals surface area (Å²) in [7, 11) is 0. The van der Waals surface area contributed by atoms with Gasteiger partial charge in [-0.1, -0.05) is 24.3 Å². The number of fused-ring (bicyclic) bond motifs is 2. The molecule has 2 heterocycles. The second kappa shape index (κ2) is 6.19. The van der Waals surface area contributed by atoms with Crippen LogP contribution in [0.15, 0.2) is 53.6 Å². The maximum Gasteiger partial charge on any atom is 0.285 e. The number of aromatic hydroxyl groups is 2. The number of carbonyl (C=O) groups excluding carboxylic acids is 1. The molecule has 4 aromatic rings. The molecule has 1 amide bonds. The van der Waals surface area contributed by atoms with Crippen molar-refractivity contribution >= 4 is 55.0 Å². The van der Waals surface area contributed by atoms with Gasteiger partial charge in [-0.25, -0.2) is 5.43 Å². The van der Waals surface area contributed by atoms with Crippen molar-refractivity contribution in [2.24, 2.45) is 5.10 Å². The molecule has 0 aliphatic heterocycles. The van der Waals surface area contributed by atoms with Gasteiger partial charge in [-0.2, -0.15) is 5.10 Å². The molecule has 2 aromatic heterocycles. The highest BCUT2D eigenvalue weighted by molar-refractivity contribution is 7.21. The van der Waals surface area contributed by atoms with Crippen LogP contribution in [0.4, 0.5) is 0 Å². The molecule has 3 N–H and O–H groups in total. The van der Waals surface area contributed by atoms with Crippen LogP contribution >= 0.6 is 22.7 Å². The first-order chi connectivity index (χ1) is 12.1. The number of hydrazone groups is 1. The quantitative estimate of drug-likeness (QED) is 0.373. The van der Waals surface area contributed by atoms with Gasteiger partial charge in [0.05, 0.1) is 11.1 Å². The Morgan fingerprint density at radius 1 is 0.920 bits per heavy atom. The number of benzene rings is 2. The average Bonchev–Trinajstić information content (AvgIpc) is 3.14. The van der Waals surface area contributed by atoms with Gasteiger partial charge in [0.15, 0.2) is 0 Å². The molecule has 25 heavy (non-hydrogen) atoms. The summed E-state index contributed by atoms with van der Waals surface area (Å²) in [5.74, 6) is -0.392. The monoisotopic (exact) mass is 368 g/mol. The molecule has 0 radical (unpaired) electrons. The molecule has 7 heteroatoms. The van der Waals surface area contributed by atoms with E-state index in [1.54, 1.807) is 12.1 Å². The highest BCUT2D eigenvalue weighted by Crippen LogP contribution is 2.37. The summed E-state index contributed by atoms with van der Waals surface area (Å²) in [5, 5.41) is 25.7. The van der Waals surface area contributed by atoms with Gasteiger partial charge < -0.3 is 10.2 Å². The molecule has 0 aliphatic carbocycles. The van der Waals surface area contributed by atoms with E-state index in [2.05, 4.69) is 10.5 Å². The molecule has 0 spiro atoms. The fourth-order valence-electron chi connectivity index (χ4n) is 2.52. The predicted molar refractivity (Wildman–Crippen MR) is 102 cm³/mol. The van der Waals surface area contributed by atoms with Gasteiger partial charge in [-0.3, -0.25) is 4.79 Å². The van der Waals surface area contributed by atoms with E-state index in [1.165, 1.54) is 28.9 Å². The average molecular weight is 368 g/mol. The predicted octanol–water partition coefficient (Wildman–Crippen LogP) is 4.29. The molecular formula is C18H12N2O3S2. The van der Waals surface area contributed by atoms with Crippen LogP contribution < -0.4 is 5.43 Å². The molecule has 124 valence electrons. The third-order valence-electron chi connectivity index (χ3n) is 3.72. The molecule has 0 saturated heterocycles. The molecule has 0 unspecified atom stereocenters. The van der Waals surface area contributed by atoms with Crippen molar-refractivity contribution in [3.8, 4) is 11.5 Å². The third kappa shape index (κ3) is 2.73. The van der Waals surface area contributed by atoms with Crippen molar-refractivity contribution in [2.45, 2.75) is 0 Å². The van der Waals surface area contributed by atoms with E-state index in [0.717, 1.165) is 14.8 Å². The minimum Gasteiger partial charge on any atom is -0.506 e. The Hall–Kier alpha value is -2.90. The largest absolute Gasteiger partial charge is 0.506 e. The lowest BCUT2D eigenvalue weighted by Crippen LogP contribution is -2.16. The first-order valence-corrected chi connectivity index (χ1v) is 9.03. The minimum absolute atomic E-state index is 0.0435. The first kappa shape index (κ1) is 15.6. The van der Waals surface area contributed by atoms with Crippen LogP contribution in [-0.2, 0) is 0 Å². The number of amides is 1. The fraction of sp³-hybridized carbons (Fsp3) is 0. The summed E-state index contributed by atoms with van der Waals surface area (Å²) in [4.78, 5) is 13.0. The Labute approximate surface area is 150 Å². The minimum atomic E-state index is -0.490. The lowest BCUT2D eigenvalue weighted by Gasteiger charge is -1.97. The highest BCUT2D eigenvalue weighted by Gasteiger charge is 2.17. The van der Waals surface area contributed by atoms with E-state index in [0.29, 0.717) is 10.3 Å². The first-order valence-electron chi connectivity index (χ1n) is 7.39. The maximum absolute atomic E-state index is 12.2. The van der Waals surface area contributed by atoms with Crippen LogP contribution in [0.25, 0.3) is 20.2 Å². The summed E-state index contributed by atoms with van der Waals surface area (Å²) in [6, 6.07) is 14.7. The number of nitrogens with zero attached hydrogens (tertiary/aromatic N) is 1. The van der Waals surface area contributed by atoms with Crippen LogP contribution in [0.2, 0.25) is 0 Å². The molecule has 0 aliphatic rings. The van der Waals surface area contributed by atoms with E-state index in [1.807, 2.05) is 36.4 Å². The lowest BCUT2D eigenvalue weighted by molar-refractivity contribution is 0.0957. The van der Waals surface area contributed by atoms with E-state index >= 15 is 0 Å². The molecule has 0 fully saturated rings. The van der Waals surface area contributed by atoms with Gasteiger partial charge in [0.25, 0.3) is 5.91 Å². The van der Waals surface area contributed by atoms with Crippen molar-refractivity contribution in [2.75, 3.05) is 0 Å². The van der Waals surface area contributed by atoms with Gasteiger partial charge in [-0.15, -0.1) is 22.7 Å². The zero-order valence-electron chi connectivity index (χ0n) is 12.8. The number of carbonyl (C=O) groups is 1. The number of thiophene rings is 2. The smallest absolute Gasteiger partial charge is 0.285 e. The molecule has 0 saturated carbocycles. The van der Waals surface area contributed by atoms with Gasteiger partial charge in [0.2, 0.25) is 0 Å². The number of rotatable bonds is 3.